The van der Waals surface area contributed by atoms with E-state index in [2.05, 4.69) is 4.90 Å². The molecule has 2 aromatic rings. The summed E-state index contributed by atoms with van der Waals surface area (Å²) in [5.74, 6) is -0.252. The van der Waals surface area contributed by atoms with Gasteiger partial charge in [0.1, 0.15) is 11.9 Å². The molecule has 7 heteroatoms. The summed E-state index contributed by atoms with van der Waals surface area (Å²) in [6.07, 6.45) is 1.54. The van der Waals surface area contributed by atoms with Crippen LogP contribution < -0.4 is 9.80 Å². The number of carbonyl (C=O) groups is 2. The lowest BCUT2D eigenvalue weighted by Gasteiger charge is -2.41. The van der Waals surface area contributed by atoms with Gasteiger partial charge in [0, 0.05) is 57.9 Å². The van der Waals surface area contributed by atoms with E-state index in [9.17, 15) is 9.59 Å². The third kappa shape index (κ3) is 6.06. The number of piperazine rings is 1. The van der Waals surface area contributed by atoms with Gasteiger partial charge in [-0.3, -0.25) is 14.5 Å². The highest BCUT2D eigenvalue weighted by Gasteiger charge is 2.33. The molecule has 1 atom stereocenters. The van der Waals surface area contributed by atoms with Crippen LogP contribution >= 0.6 is 0 Å². The zero-order chi connectivity index (χ0) is 26.2. The van der Waals surface area contributed by atoms with Gasteiger partial charge in [0.25, 0.3) is 0 Å². The summed E-state index contributed by atoms with van der Waals surface area (Å²) in [5, 5.41) is 0. The van der Waals surface area contributed by atoms with Crippen molar-refractivity contribution in [3.05, 3.63) is 59.9 Å². The van der Waals surface area contributed by atoms with Gasteiger partial charge in [-0.05, 0) is 50.5 Å². The standard InChI is InChI=1S/C29H41FN4O2/c1-6-22(7-2)28(35)31(5)24-15-16-26(25(30)21-24)33-17-19-34(20-18-33)27(23-13-11-10-12-14-23)29(36)32(8-3)9-4/h10-16,21-22,27H,6-9,17-20H2,1-5H3. The largest absolute Gasteiger partial charge is 0.367 e. The van der Waals surface area contributed by atoms with Gasteiger partial charge in [0.05, 0.1) is 5.69 Å². The molecule has 1 fully saturated rings. The first-order valence-corrected chi connectivity index (χ1v) is 13.3. The molecule has 0 spiro atoms. The van der Waals surface area contributed by atoms with Gasteiger partial charge in [0.15, 0.2) is 0 Å². The highest BCUT2D eigenvalue weighted by Crippen LogP contribution is 2.29. The van der Waals surface area contributed by atoms with Crippen molar-refractivity contribution in [1.82, 2.24) is 9.80 Å². The molecule has 3 rings (SSSR count). The van der Waals surface area contributed by atoms with Crippen LogP contribution in [0.1, 0.15) is 52.1 Å². The summed E-state index contributed by atoms with van der Waals surface area (Å²) in [5.41, 5.74) is 2.09. The normalized spacial score (nSPS) is 15.1. The van der Waals surface area contributed by atoms with Crippen LogP contribution in [0, 0.1) is 11.7 Å². The number of benzene rings is 2. The summed E-state index contributed by atoms with van der Waals surface area (Å²) in [4.78, 5) is 33.8. The van der Waals surface area contributed by atoms with Gasteiger partial charge >= 0.3 is 0 Å². The summed E-state index contributed by atoms with van der Waals surface area (Å²) < 4.78 is 15.2. The fourth-order valence-corrected chi connectivity index (χ4v) is 5.07. The quantitative estimate of drug-likeness (QED) is 0.467. The van der Waals surface area contributed by atoms with E-state index in [4.69, 9.17) is 0 Å². The molecule has 0 saturated carbocycles. The monoisotopic (exact) mass is 496 g/mol. The zero-order valence-corrected chi connectivity index (χ0v) is 22.4. The number of halogens is 1. The molecule has 0 aromatic heterocycles. The van der Waals surface area contributed by atoms with Crippen molar-refractivity contribution >= 4 is 23.2 Å². The molecule has 196 valence electrons. The molecule has 1 saturated heterocycles. The number of rotatable bonds is 10. The molecule has 6 nitrogen and oxygen atoms in total. The van der Waals surface area contributed by atoms with Crippen molar-refractivity contribution in [3.63, 3.8) is 0 Å². The minimum absolute atomic E-state index is 0.0191. The van der Waals surface area contributed by atoms with E-state index in [1.54, 1.807) is 18.0 Å². The van der Waals surface area contributed by atoms with Crippen LogP contribution in [0.5, 0.6) is 0 Å². The minimum atomic E-state index is -0.342. The van der Waals surface area contributed by atoms with Crippen LogP contribution in [0.4, 0.5) is 15.8 Å². The van der Waals surface area contributed by atoms with Crippen LogP contribution in [0.15, 0.2) is 48.5 Å². The number of nitrogens with zero attached hydrogens (tertiary/aromatic N) is 4. The Hall–Kier alpha value is -2.93. The first-order valence-electron chi connectivity index (χ1n) is 13.3. The van der Waals surface area contributed by atoms with Gasteiger partial charge in [-0.15, -0.1) is 0 Å². The highest BCUT2D eigenvalue weighted by atomic mass is 19.1. The van der Waals surface area contributed by atoms with Gasteiger partial charge in [0.2, 0.25) is 11.8 Å². The second kappa shape index (κ2) is 12.9. The van der Waals surface area contributed by atoms with Crippen molar-refractivity contribution in [2.24, 2.45) is 5.92 Å². The van der Waals surface area contributed by atoms with Gasteiger partial charge in [-0.2, -0.15) is 0 Å². The lowest BCUT2D eigenvalue weighted by molar-refractivity contribution is -0.137. The van der Waals surface area contributed by atoms with Crippen LogP contribution in [0.3, 0.4) is 0 Å². The molecule has 2 amide bonds. The molecule has 0 N–H and O–H groups in total. The highest BCUT2D eigenvalue weighted by molar-refractivity contribution is 5.94. The lowest BCUT2D eigenvalue weighted by Crippen LogP contribution is -2.52. The maximum atomic E-state index is 15.2. The second-order valence-corrected chi connectivity index (χ2v) is 9.39. The summed E-state index contributed by atoms with van der Waals surface area (Å²) in [7, 11) is 1.71. The molecular formula is C29H41FN4O2. The predicted octanol–water partition coefficient (Wildman–Crippen LogP) is 4.96. The van der Waals surface area contributed by atoms with Crippen LogP contribution in [0.25, 0.3) is 0 Å². The molecule has 0 aliphatic carbocycles. The maximum Gasteiger partial charge on any atom is 0.244 e. The van der Waals surface area contributed by atoms with E-state index < -0.39 is 0 Å². The Morgan fingerprint density at radius 1 is 0.889 bits per heavy atom. The number of hydrogen-bond acceptors (Lipinski definition) is 4. The summed E-state index contributed by atoms with van der Waals surface area (Å²) >= 11 is 0. The third-order valence-corrected chi connectivity index (χ3v) is 7.43. The average molecular weight is 497 g/mol. The first-order chi connectivity index (χ1) is 17.4. The topological polar surface area (TPSA) is 47.1 Å². The van der Waals surface area contributed by atoms with E-state index in [1.165, 1.54) is 6.07 Å². The van der Waals surface area contributed by atoms with Crippen LogP contribution in [-0.2, 0) is 9.59 Å². The molecular weight excluding hydrogens is 455 g/mol. The van der Waals surface area contributed by atoms with Crippen molar-refractivity contribution < 1.29 is 14.0 Å². The molecule has 36 heavy (non-hydrogen) atoms. The Balaban J connectivity index is 1.74. The molecule has 2 aromatic carbocycles. The predicted molar refractivity (Wildman–Crippen MR) is 145 cm³/mol. The molecule has 1 heterocycles. The van der Waals surface area contributed by atoms with Gasteiger partial charge in [-0.1, -0.05) is 44.2 Å². The minimum Gasteiger partial charge on any atom is -0.367 e. The van der Waals surface area contributed by atoms with Crippen molar-refractivity contribution in [1.29, 1.82) is 0 Å². The zero-order valence-electron chi connectivity index (χ0n) is 22.4. The van der Waals surface area contributed by atoms with E-state index in [0.29, 0.717) is 50.6 Å². The number of amides is 2. The Morgan fingerprint density at radius 3 is 2.03 bits per heavy atom. The summed E-state index contributed by atoms with van der Waals surface area (Å²) in [6.45, 7) is 11.9. The molecule has 0 bridgehead atoms. The number of carbonyl (C=O) groups excluding carboxylic acids is 2. The number of anilines is 2. The van der Waals surface area contributed by atoms with Gasteiger partial charge < -0.3 is 14.7 Å². The number of hydrogen-bond donors (Lipinski definition) is 0. The van der Waals surface area contributed by atoms with E-state index in [1.807, 2.05) is 73.9 Å². The van der Waals surface area contributed by atoms with E-state index in [0.717, 1.165) is 18.4 Å². The van der Waals surface area contributed by atoms with Crippen LogP contribution in [0.2, 0.25) is 0 Å². The molecule has 1 aliphatic heterocycles. The Morgan fingerprint density at radius 2 is 1.50 bits per heavy atom. The Labute approximate surface area is 215 Å². The van der Waals surface area contributed by atoms with E-state index in [-0.39, 0.29) is 29.6 Å². The summed E-state index contributed by atoms with van der Waals surface area (Å²) in [6, 6.07) is 14.6. The average Bonchev–Trinajstić information content (AvgIpc) is 2.91. The third-order valence-electron chi connectivity index (χ3n) is 7.43. The molecule has 1 aliphatic rings. The molecule has 1 unspecified atom stereocenters. The fraction of sp³-hybridized carbons (Fsp3) is 0.517. The molecule has 0 radical (unpaired) electrons. The van der Waals surface area contributed by atoms with Crippen molar-refractivity contribution in [3.8, 4) is 0 Å². The maximum absolute atomic E-state index is 15.2. The van der Waals surface area contributed by atoms with Gasteiger partial charge in [-0.25, -0.2) is 4.39 Å². The van der Waals surface area contributed by atoms with Crippen molar-refractivity contribution in [2.45, 2.75) is 46.6 Å². The van der Waals surface area contributed by atoms with E-state index >= 15 is 4.39 Å². The SMILES string of the molecule is CCC(CC)C(=O)N(C)c1ccc(N2CCN(C(C(=O)N(CC)CC)c3ccccc3)CC2)c(F)c1. The Kier molecular flexibility index (Phi) is 9.88. The second-order valence-electron chi connectivity index (χ2n) is 9.39. The number of likely N-dealkylation sites (N-methyl/N-ethyl adjacent to an activating group) is 1. The van der Waals surface area contributed by atoms with Crippen LogP contribution in [-0.4, -0.2) is 67.9 Å². The van der Waals surface area contributed by atoms with Crippen molar-refractivity contribution in [2.75, 3.05) is 56.1 Å². The first kappa shape index (κ1) is 27.7. The fourth-order valence-electron chi connectivity index (χ4n) is 5.07. The Bertz CT molecular complexity index is 1000. The smallest absolute Gasteiger partial charge is 0.244 e. The lowest BCUT2D eigenvalue weighted by atomic mass is 10.0.